The number of ether oxygens (including phenoxy) is 1. The predicted octanol–water partition coefficient (Wildman–Crippen LogP) is 1.97. The summed E-state index contributed by atoms with van der Waals surface area (Å²) in [5.41, 5.74) is 3.57. The second kappa shape index (κ2) is 5.12. The number of furan rings is 1. The summed E-state index contributed by atoms with van der Waals surface area (Å²) in [6.07, 6.45) is 0. The lowest BCUT2D eigenvalue weighted by molar-refractivity contribution is 0.117. The Morgan fingerprint density at radius 3 is 2.94 bits per heavy atom. The van der Waals surface area contributed by atoms with Gasteiger partial charge in [-0.25, -0.2) is 5.43 Å². The number of hydrogen-bond acceptors (Lipinski definition) is 4. The van der Waals surface area contributed by atoms with Crippen LogP contribution in [0.25, 0.3) is 11.0 Å². The van der Waals surface area contributed by atoms with Crippen molar-refractivity contribution in [3.63, 3.8) is 0 Å². The summed E-state index contributed by atoms with van der Waals surface area (Å²) in [5, 5.41) is 1.08. The van der Waals surface area contributed by atoms with Gasteiger partial charge < -0.3 is 9.15 Å². The third-order valence-corrected chi connectivity index (χ3v) is 2.48. The first-order valence-corrected chi connectivity index (χ1v) is 5.37. The Morgan fingerprint density at radius 2 is 2.25 bits per heavy atom. The first-order valence-electron chi connectivity index (χ1n) is 5.37. The van der Waals surface area contributed by atoms with Crippen LogP contribution in [0.3, 0.4) is 0 Å². The molecule has 0 aliphatic heterocycles. The normalized spacial score (nSPS) is 13.1. The first-order chi connectivity index (χ1) is 7.85. The van der Waals surface area contributed by atoms with E-state index in [-0.39, 0.29) is 6.04 Å². The van der Waals surface area contributed by atoms with Gasteiger partial charge in [0.15, 0.2) is 0 Å². The molecule has 1 heterocycles. The molecule has 2 rings (SSSR count). The van der Waals surface area contributed by atoms with Crippen LogP contribution in [0.2, 0.25) is 0 Å². The standard InChI is InChI=1S/C12H16N2O2/c1-2-15-8-10(14-13)12-7-9-5-3-4-6-11(9)16-12/h3-7,10,14H,2,8,13H2,1H3. The van der Waals surface area contributed by atoms with E-state index in [0.717, 1.165) is 16.7 Å². The van der Waals surface area contributed by atoms with Crippen LogP contribution in [0.4, 0.5) is 0 Å². The molecule has 0 bridgehead atoms. The van der Waals surface area contributed by atoms with Crippen LogP contribution < -0.4 is 11.3 Å². The van der Waals surface area contributed by atoms with Gasteiger partial charge in [-0.1, -0.05) is 18.2 Å². The number of hydrazine groups is 1. The maximum Gasteiger partial charge on any atom is 0.134 e. The van der Waals surface area contributed by atoms with Crippen molar-refractivity contribution in [3.05, 3.63) is 36.1 Å². The molecule has 0 aliphatic rings. The van der Waals surface area contributed by atoms with Crippen molar-refractivity contribution < 1.29 is 9.15 Å². The zero-order valence-corrected chi connectivity index (χ0v) is 9.27. The Balaban J connectivity index is 2.23. The number of benzene rings is 1. The summed E-state index contributed by atoms with van der Waals surface area (Å²) in [5.74, 6) is 6.28. The molecule has 16 heavy (non-hydrogen) atoms. The monoisotopic (exact) mass is 220 g/mol. The van der Waals surface area contributed by atoms with E-state index in [1.165, 1.54) is 0 Å². The molecule has 2 aromatic rings. The van der Waals surface area contributed by atoms with E-state index in [9.17, 15) is 0 Å². The fourth-order valence-corrected chi connectivity index (χ4v) is 1.62. The Hall–Kier alpha value is -1.36. The minimum absolute atomic E-state index is 0.104. The fourth-order valence-electron chi connectivity index (χ4n) is 1.62. The molecule has 0 radical (unpaired) electrons. The highest BCUT2D eigenvalue weighted by molar-refractivity contribution is 5.77. The Labute approximate surface area is 94.3 Å². The van der Waals surface area contributed by atoms with Gasteiger partial charge in [0.05, 0.1) is 6.61 Å². The summed E-state index contributed by atoms with van der Waals surface area (Å²) in [7, 11) is 0. The Morgan fingerprint density at radius 1 is 1.44 bits per heavy atom. The topological polar surface area (TPSA) is 60.4 Å². The van der Waals surface area contributed by atoms with E-state index in [1.54, 1.807) is 0 Å². The summed E-state index contributed by atoms with van der Waals surface area (Å²) in [4.78, 5) is 0. The van der Waals surface area contributed by atoms with Crippen molar-refractivity contribution in [2.75, 3.05) is 13.2 Å². The van der Waals surface area contributed by atoms with Gasteiger partial charge in [-0.2, -0.15) is 0 Å². The van der Waals surface area contributed by atoms with Crippen LogP contribution >= 0.6 is 0 Å². The molecular formula is C12H16N2O2. The van der Waals surface area contributed by atoms with Gasteiger partial charge in [0.1, 0.15) is 17.4 Å². The average Bonchev–Trinajstić information content (AvgIpc) is 2.73. The van der Waals surface area contributed by atoms with Crippen molar-refractivity contribution in [3.8, 4) is 0 Å². The lowest BCUT2D eigenvalue weighted by Gasteiger charge is -2.12. The maximum atomic E-state index is 5.70. The second-order valence-electron chi connectivity index (χ2n) is 3.57. The highest BCUT2D eigenvalue weighted by Crippen LogP contribution is 2.23. The molecule has 86 valence electrons. The van der Waals surface area contributed by atoms with E-state index in [2.05, 4.69) is 5.43 Å². The van der Waals surface area contributed by atoms with E-state index in [4.69, 9.17) is 15.0 Å². The zero-order chi connectivity index (χ0) is 11.4. The number of para-hydroxylation sites is 1. The number of hydrogen-bond donors (Lipinski definition) is 2. The molecule has 3 N–H and O–H groups in total. The lowest BCUT2D eigenvalue weighted by atomic mass is 10.2. The number of nitrogens with two attached hydrogens (primary N) is 1. The molecule has 0 saturated carbocycles. The fraction of sp³-hybridized carbons (Fsp3) is 0.333. The average molecular weight is 220 g/mol. The SMILES string of the molecule is CCOCC(NN)c1cc2ccccc2o1. The van der Waals surface area contributed by atoms with E-state index >= 15 is 0 Å². The van der Waals surface area contributed by atoms with Crippen molar-refractivity contribution in [1.82, 2.24) is 5.43 Å². The molecule has 0 saturated heterocycles. The number of rotatable bonds is 5. The molecule has 1 aromatic carbocycles. The number of fused-ring (bicyclic) bond motifs is 1. The minimum Gasteiger partial charge on any atom is -0.459 e. The lowest BCUT2D eigenvalue weighted by Crippen LogP contribution is -2.31. The van der Waals surface area contributed by atoms with Gasteiger partial charge in [0.25, 0.3) is 0 Å². The summed E-state index contributed by atoms with van der Waals surface area (Å²) in [6, 6.07) is 9.76. The Kier molecular flexibility index (Phi) is 3.56. The maximum absolute atomic E-state index is 5.70. The van der Waals surface area contributed by atoms with Crippen molar-refractivity contribution in [2.45, 2.75) is 13.0 Å². The third-order valence-electron chi connectivity index (χ3n) is 2.48. The quantitative estimate of drug-likeness (QED) is 0.597. The van der Waals surface area contributed by atoms with Gasteiger partial charge in [-0.15, -0.1) is 0 Å². The molecule has 4 nitrogen and oxygen atoms in total. The highest BCUT2D eigenvalue weighted by atomic mass is 16.5. The number of nitrogens with one attached hydrogen (secondary N) is 1. The second-order valence-corrected chi connectivity index (χ2v) is 3.57. The van der Waals surface area contributed by atoms with Crippen molar-refractivity contribution in [1.29, 1.82) is 0 Å². The van der Waals surface area contributed by atoms with Gasteiger partial charge in [-0.05, 0) is 19.1 Å². The van der Waals surface area contributed by atoms with Crippen LogP contribution in [-0.2, 0) is 4.74 Å². The molecule has 4 heteroatoms. The van der Waals surface area contributed by atoms with Crippen molar-refractivity contribution in [2.24, 2.45) is 5.84 Å². The van der Waals surface area contributed by atoms with Crippen LogP contribution in [0, 0.1) is 0 Å². The first kappa shape index (κ1) is 11.1. The molecule has 1 unspecified atom stereocenters. The van der Waals surface area contributed by atoms with Crippen LogP contribution in [0.1, 0.15) is 18.7 Å². The third kappa shape index (κ3) is 2.24. The summed E-state index contributed by atoms with van der Waals surface area (Å²) in [6.45, 7) is 3.12. The van der Waals surface area contributed by atoms with Gasteiger partial charge in [0.2, 0.25) is 0 Å². The highest BCUT2D eigenvalue weighted by Gasteiger charge is 2.14. The smallest absolute Gasteiger partial charge is 0.134 e. The molecule has 1 atom stereocenters. The van der Waals surface area contributed by atoms with Gasteiger partial charge in [-0.3, -0.25) is 5.84 Å². The Bertz CT molecular complexity index is 420. The molecule has 0 spiro atoms. The summed E-state index contributed by atoms with van der Waals surface area (Å²) >= 11 is 0. The van der Waals surface area contributed by atoms with E-state index in [1.807, 2.05) is 37.3 Å². The molecule has 0 aliphatic carbocycles. The minimum atomic E-state index is -0.104. The molecule has 0 amide bonds. The van der Waals surface area contributed by atoms with Crippen molar-refractivity contribution >= 4 is 11.0 Å². The van der Waals surface area contributed by atoms with Crippen LogP contribution in [0.5, 0.6) is 0 Å². The molecule has 0 fully saturated rings. The zero-order valence-electron chi connectivity index (χ0n) is 9.27. The van der Waals surface area contributed by atoms with E-state index in [0.29, 0.717) is 13.2 Å². The molecule has 1 aromatic heterocycles. The van der Waals surface area contributed by atoms with Crippen LogP contribution in [0.15, 0.2) is 34.7 Å². The largest absolute Gasteiger partial charge is 0.459 e. The predicted molar refractivity (Wildman–Crippen MR) is 62.8 cm³/mol. The van der Waals surface area contributed by atoms with Gasteiger partial charge in [0, 0.05) is 12.0 Å². The van der Waals surface area contributed by atoms with E-state index < -0.39 is 0 Å². The summed E-state index contributed by atoms with van der Waals surface area (Å²) < 4.78 is 11.0. The van der Waals surface area contributed by atoms with Crippen LogP contribution in [-0.4, -0.2) is 13.2 Å². The van der Waals surface area contributed by atoms with Gasteiger partial charge >= 0.3 is 0 Å². The molecular weight excluding hydrogens is 204 g/mol.